The Balaban J connectivity index is 0.000000248. The first-order valence-electron chi connectivity index (χ1n) is 48.3. The number of hydrogen-bond acceptors (Lipinski definition) is 33. The number of amides is 20. The highest BCUT2D eigenvalue weighted by Gasteiger charge is 2.50. The molecule has 3 aromatic heterocycles. The molecule has 0 radical (unpaired) electrons. The normalized spacial score (nSPS) is 27.6. The largest absolute Gasteiger partial charge is 0.391 e. The van der Waals surface area contributed by atoms with E-state index in [1.54, 1.807) is 71.3 Å². The molecule has 7 aliphatic rings. The number of nitrogens with one attached hydrogen (secondary N) is 14. The van der Waals surface area contributed by atoms with Gasteiger partial charge in [-0.25, -0.2) is 4.98 Å². The van der Waals surface area contributed by atoms with E-state index in [-0.39, 0.29) is 123 Å². The predicted molar refractivity (Wildman–Crippen MR) is 554 cm³/mol. The second kappa shape index (κ2) is 54.1. The van der Waals surface area contributed by atoms with Crippen molar-refractivity contribution in [1.29, 1.82) is 0 Å². The summed E-state index contributed by atoms with van der Waals surface area (Å²) in [5, 5.41) is 57.7. The third kappa shape index (κ3) is 34.1. The number of carbonyl (C=O) groups excluding carboxylic acids is 21. The molecule has 7 fully saturated rings. The number of rotatable bonds is 11. The number of Topliss-reactive ketones (excluding diaryl/α,β-unsaturated/α-hetero) is 1. The van der Waals surface area contributed by atoms with E-state index in [4.69, 9.17) is 28.7 Å². The van der Waals surface area contributed by atoms with Crippen molar-refractivity contribution in [3.05, 3.63) is 84.8 Å². The summed E-state index contributed by atoms with van der Waals surface area (Å²) in [7, 11) is 0. The zero-order valence-electron chi connectivity index (χ0n) is 84.9. The number of thioether (sulfide) groups is 3. The number of aliphatic hydroxyl groups is 2. The minimum atomic E-state index is -1.27. The summed E-state index contributed by atoms with van der Waals surface area (Å²) in [4.78, 5) is 293. The third-order valence-corrected chi connectivity index (χ3v) is 31.6. The third-order valence-electron chi connectivity index (χ3n) is 25.4. The van der Waals surface area contributed by atoms with Crippen LogP contribution < -0.4 is 103 Å². The van der Waals surface area contributed by atoms with Crippen molar-refractivity contribution in [3.8, 4) is 10.4 Å². The lowest BCUT2D eigenvalue weighted by Gasteiger charge is -2.36. The first-order valence-corrected chi connectivity index (χ1v) is 54.3. The number of nitrogens with two attached hydrogens (primary N) is 5. The van der Waals surface area contributed by atoms with Crippen molar-refractivity contribution in [2.75, 3.05) is 107 Å². The van der Waals surface area contributed by atoms with Crippen LogP contribution in [0, 0.1) is 48.9 Å². The van der Waals surface area contributed by atoms with Crippen molar-refractivity contribution in [2.45, 2.75) is 225 Å². The molecule has 10 heterocycles. The van der Waals surface area contributed by atoms with Crippen LogP contribution in [0.25, 0.3) is 10.4 Å². The van der Waals surface area contributed by atoms with E-state index in [1.165, 1.54) is 53.6 Å². The van der Waals surface area contributed by atoms with Crippen molar-refractivity contribution in [2.24, 2.45) is 56.7 Å². The first-order chi connectivity index (χ1) is 69.5. The van der Waals surface area contributed by atoms with E-state index in [0.29, 0.717) is 25.1 Å². The number of nitrogens with zero attached hydrogens (tertiary/aromatic N) is 5. The van der Waals surface area contributed by atoms with Crippen molar-refractivity contribution in [3.63, 3.8) is 0 Å². The summed E-state index contributed by atoms with van der Waals surface area (Å²) in [6, 6.07) is -1.64. The molecule has 47 nitrogen and oxygen atoms in total. The Labute approximate surface area is 881 Å². The summed E-state index contributed by atoms with van der Waals surface area (Å²) in [6.45, 7) is 22.0. The van der Waals surface area contributed by atoms with Gasteiger partial charge in [-0.3, -0.25) is 101 Å². The molecule has 148 heavy (non-hydrogen) atoms. The fourth-order valence-electron chi connectivity index (χ4n) is 17.3. The molecule has 18 atom stereocenters. The molecular weight excluding hydrogens is 2040 g/mol. The molecule has 26 N–H and O–H groups in total. The van der Waals surface area contributed by atoms with Crippen LogP contribution in [0.15, 0.2) is 54.0 Å². The van der Waals surface area contributed by atoms with Gasteiger partial charge in [0, 0.05) is 127 Å². The Morgan fingerprint density at radius 1 is 0.439 bits per heavy atom. The summed E-state index contributed by atoms with van der Waals surface area (Å²) < 4.78 is 0. The lowest BCUT2D eigenvalue weighted by Crippen LogP contribution is -2.63. The lowest BCUT2D eigenvalue weighted by atomic mass is 9.77. The fraction of sp³-hybridized carbons (Fsp3) is 0.600. The van der Waals surface area contributed by atoms with Gasteiger partial charge in [0.25, 0.3) is 0 Å². The van der Waals surface area contributed by atoms with Gasteiger partial charge >= 0.3 is 0 Å². The number of carbonyl (C=O) groups is 21. The molecule has 0 aliphatic carbocycles. The number of ketones is 1. The smallest absolute Gasteiger partial charge is 0.247 e. The number of aromatic nitrogens is 1. The number of piperazine rings is 1. The van der Waals surface area contributed by atoms with Crippen LogP contribution in [0.1, 0.15) is 132 Å². The van der Waals surface area contributed by atoms with E-state index in [2.05, 4.69) is 79.4 Å². The minimum Gasteiger partial charge on any atom is -0.391 e. The minimum absolute atomic E-state index is 0.00315. The monoisotopic (exact) mass is 2170 g/mol. The van der Waals surface area contributed by atoms with Gasteiger partial charge in [0.15, 0.2) is 0 Å². The molecular formula is C95H138N24O23S6. The van der Waals surface area contributed by atoms with Crippen LogP contribution >= 0.6 is 69.3 Å². The molecule has 0 spiro atoms. The molecule has 20 amide bonds. The van der Waals surface area contributed by atoms with Crippen LogP contribution in [-0.2, 0) is 114 Å². The lowest BCUT2D eigenvalue weighted by molar-refractivity contribution is -0.146. The molecule has 7 aliphatic heterocycles. The average molecular weight is 2180 g/mol. The number of aryl methyl sites for hydroxylation is 3. The molecule has 53 heteroatoms. The Morgan fingerprint density at radius 2 is 0.858 bits per heavy atom. The summed E-state index contributed by atoms with van der Waals surface area (Å²) in [5.74, 6) is -15.1. The zero-order valence-corrected chi connectivity index (χ0v) is 89.8. The first kappa shape index (κ1) is 120. The van der Waals surface area contributed by atoms with E-state index in [9.17, 15) is 111 Å². The molecule has 0 saturated carbocycles. The standard InChI is InChI=1S/C37H50N8O7S2.2C29H44N8O8S2/c1-20-12-27-33(49)43-30(22-6-8-23(9-7-22)31-21(2)41-19-54-31)35(51)40-15-29(47)44-11-10-39-14-28(44)34(50)42-26(32(38)48)18-53-17-24(46)13-25(37(3,4)5)36(52)45(27)16-20;2*1-14-5-6-16(47-14)8-17-25(42)32-10-21(39)33-18(9-30)26(43)35-19(24(31)41)12-46-13-22(40)36-23(29(2,3)4)28(45)37-11-15(38)7-20(37)27(44)34-17/h6-9,19-20,25-28,30,39H,10-18H2,1-5H3,(H2,38,48)(H,40,51)(H,42,50)(H,43,49);2*5-6,15,17-20,23,38H,7-13,30H2,1-4H3,(H2,31,41)(H,32,42)(H,33,39)(H,34,44)(H,35,43)(H,36,40)/t20-,25-,26-,27+,28-,30-;15-,17+,18-,19-,20+,23-;15-,17-,18-,19-,20+,23-/m111/s1. The number of thiazole rings is 1. The Bertz CT molecular complexity index is 5330. The van der Waals surface area contributed by atoms with Crippen LogP contribution in [0.2, 0.25) is 0 Å². The SMILES string of the molecule is Cc1ccc(C[C@@H]2NC(=O)[C@@H]3C[C@@H](O)CN3C(=O)[C@H](C(C)(C)C)NC(=O)CSC[C@H](C(N)=O)NC(=O)[C@@H](CN)NC(=O)CNC2=O)s1.Cc1ccc(C[C@H]2NC(=O)[C@@H]3C[C@@H](O)CN3C(=O)[C@H](C(C)(C)C)NC(=O)CSC[C@H](C(N)=O)NC(=O)[C@@H](CN)NC(=O)CNC2=O)s1.Cc1ncsc1-c1ccc([C@H]2NC(=O)[C@@H]3C[C@@H](C)CN3C(=O)[C@H](C(C)(C)C)CC(=O)CSC[C@H](C(N)=O)NC(=O)[C@H]3CNCCN3C(=O)CNC2=O)cc1. The van der Waals surface area contributed by atoms with E-state index < -0.39 is 251 Å². The van der Waals surface area contributed by atoms with Gasteiger partial charge < -0.3 is 133 Å². The molecule has 812 valence electrons. The number of benzene rings is 1. The number of aliphatic hydroxyl groups excluding tert-OH is 2. The molecule has 4 aromatic rings. The Morgan fingerprint density at radius 3 is 1.27 bits per heavy atom. The topological polar surface area (TPSA) is 723 Å². The molecule has 0 unspecified atom stereocenters. The van der Waals surface area contributed by atoms with E-state index >= 15 is 0 Å². The van der Waals surface area contributed by atoms with E-state index in [0.717, 1.165) is 70.9 Å². The summed E-state index contributed by atoms with van der Waals surface area (Å²) >= 11 is 7.38. The maximum atomic E-state index is 14.3. The second-order valence-corrected chi connectivity index (χ2v) is 47.2. The van der Waals surface area contributed by atoms with Gasteiger partial charge in [-0.1, -0.05) is 93.5 Å². The average Bonchev–Trinajstić information content (AvgIpc) is 1.64. The Hall–Kier alpha value is -11.8. The van der Waals surface area contributed by atoms with Gasteiger partial charge in [0.05, 0.1) is 65.2 Å². The van der Waals surface area contributed by atoms with Gasteiger partial charge in [-0.2, -0.15) is 11.8 Å². The highest BCUT2D eigenvalue weighted by molar-refractivity contribution is 8.00. The maximum Gasteiger partial charge on any atom is 0.247 e. The van der Waals surface area contributed by atoms with E-state index in [1.807, 2.05) is 72.7 Å². The van der Waals surface area contributed by atoms with Gasteiger partial charge in [0.2, 0.25) is 118 Å². The molecule has 0 bridgehead atoms. The molecule has 7 saturated heterocycles. The number of thiophene rings is 2. The molecule has 11 rings (SSSR count). The quantitative estimate of drug-likeness (QED) is 0.0666. The van der Waals surface area contributed by atoms with Crippen LogP contribution in [0.4, 0.5) is 0 Å². The molecule has 1 aromatic carbocycles. The number of fused-ring (bicyclic) bond motifs is 4. The van der Waals surface area contributed by atoms with Gasteiger partial charge in [-0.15, -0.1) is 57.5 Å². The maximum absolute atomic E-state index is 14.3. The highest BCUT2D eigenvalue weighted by Crippen LogP contribution is 2.37. The van der Waals surface area contributed by atoms with Crippen molar-refractivity contribution in [1.82, 2.24) is 99.0 Å². The number of primary amides is 3. The second-order valence-electron chi connectivity index (χ2n) is 40.5. The van der Waals surface area contributed by atoms with Gasteiger partial charge in [-0.05, 0) is 84.7 Å². The fourth-order valence-corrected chi connectivity index (χ4v) is 22.7. The van der Waals surface area contributed by atoms with Crippen molar-refractivity contribution >= 4 is 193 Å². The number of hydrogen-bond donors (Lipinski definition) is 21. The summed E-state index contributed by atoms with van der Waals surface area (Å²) in [6.07, 6.45) is -1.84. The van der Waals surface area contributed by atoms with Crippen LogP contribution in [0.3, 0.4) is 0 Å². The van der Waals surface area contributed by atoms with Crippen molar-refractivity contribution < 1.29 is 111 Å². The highest BCUT2D eigenvalue weighted by atomic mass is 32.2. The van der Waals surface area contributed by atoms with Crippen LogP contribution in [0.5, 0.6) is 0 Å². The Kier molecular flexibility index (Phi) is 43.7. The zero-order chi connectivity index (χ0) is 109. The van der Waals surface area contributed by atoms with Gasteiger partial charge in [0.1, 0.15) is 90.4 Å². The summed E-state index contributed by atoms with van der Waals surface area (Å²) in [5.41, 5.74) is 29.6. The van der Waals surface area contributed by atoms with Crippen LogP contribution in [-0.4, -0.2) is 356 Å². The predicted octanol–water partition coefficient (Wildman–Crippen LogP) is -5.53.